The van der Waals surface area contributed by atoms with Crippen LogP contribution in [-0.2, 0) is 6.54 Å². The minimum atomic E-state index is -0.593. The number of benzene rings is 1. The second-order valence-corrected chi connectivity index (χ2v) is 5.04. The molecular formula is C17H13FN4O2. The number of hydrogen-bond donors (Lipinski definition) is 2. The number of carbonyl (C=O) groups is 1. The Balaban J connectivity index is 1.80. The van der Waals surface area contributed by atoms with Crippen molar-refractivity contribution >= 4 is 5.91 Å². The maximum absolute atomic E-state index is 13.1. The molecule has 0 bridgehead atoms. The maximum Gasteiger partial charge on any atom is 0.277 e. The molecular weight excluding hydrogens is 311 g/mol. The van der Waals surface area contributed by atoms with Gasteiger partial charge in [0.15, 0.2) is 0 Å². The maximum atomic E-state index is 13.1. The molecule has 0 saturated heterocycles. The highest BCUT2D eigenvalue weighted by atomic mass is 19.1. The number of halogens is 1. The number of H-pyrrole nitrogens is 1. The summed E-state index contributed by atoms with van der Waals surface area (Å²) in [5.41, 5.74) is 1.12. The summed E-state index contributed by atoms with van der Waals surface area (Å²) >= 11 is 0. The van der Waals surface area contributed by atoms with Crippen LogP contribution in [0.3, 0.4) is 0 Å². The Morgan fingerprint density at radius 3 is 2.71 bits per heavy atom. The Hall–Kier alpha value is -3.35. The minimum absolute atomic E-state index is 0.0618. The van der Waals surface area contributed by atoms with Crippen molar-refractivity contribution in [2.24, 2.45) is 0 Å². The number of rotatable bonds is 4. The Bertz CT molecular complexity index is 925. The summed E-state index contributed by atoms with van der Waals surface area (Å²) in [7, 11) is 0. The molecule has 0 unspecified atom stereocenters. The fourth-order valence-electron chi connectivity index (χ4n) is 2.17. The molecule has 2 heterocycles. The van der Waals surface area contributed by atoms with Crippen molar-refractivity contribution in [1.82, 2.24) is 20.5 Å². The van der Waals surface area contributed by atoms with E-state index < -0.39 is 11.5 Å². The summed E-state index contributed by atoms with van der Waals surface area (Å²) in [4.78, 5) is 28.0. The summed E-state index contributed by atoms with van der Waals surface area (Å²) in [6, 6.07) is 10.7. The second kappa shape index (κ2) is 6.82. The van der Waals surface area contributed by atoms with Gasteiger partial charge in [-0.3, -0.25) is 14.6 Å². The van der Waals surface area contributed by atoms with Gasteiger partial charge in [-0.05, 0) is 35.9 Å². The van der Waals surface area contributed by atoms with Crippen LogP contribution in [0, 0.1) is 5.82 Å². The Morgan fingerprint density at radius 2 is 1.96 bits per heavy atom. The van der Waals surface area contributed by atoms with Crippen LogP contribution < -0.4 is 10.9 Å². The first-order valence-electron chi connectivity index (χ1n) is 7.16. The number of carbonyl (C=O) groups excluding carboxylic acids is 1. The van der Waals surface area contributed by atoms with Crippen LogP contribution in [0.25, 0.3) is 11.3 Å². The third kappa shape index (κ3) is 3.52. The number of nitrogens with zero attached hydrogens (tertiary/aromatic N) is 2. The monoisotopic (exact) mass is 324 g/mol. The molecule has 2 aromatic heterocycles. The lowest BCUT2D eigenvalue weighted by Gasteiger charge is -2.06. The summed E-state index contributed by atoms with van der Waals surface area (Å²) in [5, 5.41) is 8.83. The summed E-state index contributed by atoms with van der Waals surface area (Å²) in [5.74, 6) is -0.943. The van der Waals surface area contributed by atoms with Gasteiger partial charge >= 0.3 is 0 Å². The number of pyridine rings is 1. The number of aromatic nitrogens is 3. The normalized spacial score (nSPS) is 10.4. The van der Waals surface area contributed by atoms with Crippen molar-refractivity contribution in [1.29, 1.82) is 0 Å². The van der Waals surface area contributed by atoms with E-state index in [-0.39, 0.29) is 17.9 Å². The van der Waals surface area contributed by atoms with Crippen molar-refractivity contribution in [3.8, 4) is 11.3 Å². The molecule has 0 saturated carbocycles. The van der Waals surface area contributed by atoms with Crippen LogP contribution in [-0.4, -0.2) is 21.1 Å². The lowest BCUT2D eigenvalue weighted by Crippen LogP contribution is -2.29. The first-order chi connectivity index (χ1) is 11.6. The molecule has 7 heteroatoms. The Labute approximate surface area is 136 Å². The largest absolute Gasteiger partial charge is 0.348 e. The molecule has 1 amide bonds. The smallest absolute Gasteiger partial charge is 0.277 e. The molecule has 24 heavy (non-hydrogen) atoms. The average Bonchev–Trinajstić information content (AvgIpc) is 2.61. The molecule has 0 aliphatic carbocycles. The fraction of sp³-hybridized carbons (Fsp3) is 0.0588. The van der Waals surface area contributed by atoms with Gasteiger partial charge in [0.1, 0.15) is 11.4 Å². The van der Waals surface area contributed by atoms with Crippen LogP contribution in [0.1, 0.15) is 15.9 Å². The SMILES string of the molecule is O=C(NCc1cccc(F)c1)c1cc(-c2ccncc2)n[nH]c1=O. The quantitative estimate of drug-likeness (QED) is 0.767. The molecule has 2 N–H and O–H groups in total. The Kier molecular flexibility index (Phi) is 4.42. The summed E-state index contributed by atoms with van der Waals surface area (Å²) in [6.07, 6.45) is 3.18. The molecule has 1 aromatic carbocycles. The third-order valence-electron chi connectivity index (χ3n) is 3.37. The highest BCUT2D eigenvalue weighted by Crippen LogP contribution is 2.14. The first kappa shape index (κ1) is 15.5. The van der Waals surface area contributed by atoms with E-state index in [2.05, 4.69) is 20.5 Å². The van der Waals surface area contributed by atoms with Gasteiger partial charge in [0.2, 0.25) is 0 Å². The van der Waals surface area contributed by atoms with Crippen molar-refractivity contribution < 1.29 is 9.18 Å². The van der Waals surface area contributed by atoms with Crippen molar-refractivity contribution in [3.05, 3.63) is 82.2 Å². The van der Waals surface area contributed by atoms with Gasteiger partial charge in [-0.2, -0.15) is 5.10 Å². The van der Waals surface area contributed by atoms with Gasteiger partial charge in [-0.15, -0.1) is 0 Å². The van der Waals surface area contributed by atoms with E-state index in [1.165, 1.54) is 18.2 Å². The van der Waals surface area contributed by atoms with Gasteiger partial charge < -0.3 is 5.32 Å². The molecule has 0 fully saturated rings. The van der Waals surface area contributed by atoms with Crippen LogP contribution in [0.15, 0.2) is 59.7 Å². The Morgan fingerprint density at radius 1 is 1.17 bits per heavy atom. The standard InChI is InChI=1S/C17H13FN4O2/c18-13-3-1-2-11(8-13)10-20-16(23)14-9-15(21-22-17(14)24)12-4-6-19-7-5-12/h1-9H,10H2,(H,20,23)(H,22,24). The zero-order valence-corrected chi connectivity index (χ0v) is 12.5. The van der Waals surface area contributed by atoms with Gasteiger partial charge in [0, 0.05) is 24.5 Å². The zero-order valence-electron chi connectivity index (χ0n) is 12.5. The number of amides is 1. The van der Waals surface area contributed by atoms with Crippen LogP contribution in [0.4, 0.5) is 4.39 Å². The highest BCUT2D eigenvalue weighted by Gasteiger charge is 2.13. The van der Waals surface area contributed by atoms with E-state index in [0.717, 1.165) is 5.56 Å². The molecule has 3 rings (SSSR count). The minimum Gasteiger partial charge on any atom is -0.348 e. The predicted octanol–water partition coefficient (Wildman–Crippen LogP) is 1.90. The number of hydrogen-bond acceptors (Lipinski definition) is 4. The summed E-state index contributed by atoms with van der Waals surface area (Å²) in [6.45, 7) is 0.114. The second-order valence-electron chi connectivity index (χ2n) is 5.04. The molecule has 0 radical (unpaired) electrons. The van der Waals surface area contributed by atoms with Crippen LogP contribution in [0.2, 0.25) is 0 Å². The van der Waals surface area contributed by atoms with Crippen molar-refractivity contribution in [2.75, 3.05) is 0 Å². The molecule has 0 spiro atoms. The molecule has 0 atom stereocenters. The van der Waals surface area contributed by atoms with E-state index in [0.29, 0.717) is 11.3 Å². The molecule has 120 valence electrons. The summed E-state index contributed by atoms with van der Waals surface area (Å²) < 4.78 is 13.1. The zero-order chi connectivity index (χ0) is 16.9. The predicted molar refractivity (Wildman–Crippen MR) is 85.7 cm³/mol. The van der Waals surface area contributed by atoms with E-state index in [1.807, 2.05) is 0 Å². The highest BCUT2D eigenvalue weighted by molar-refractivity contribution is 5.94. The number of aromatic amines is 1. The van der Waals surface area contributed by atoms with Gasteiger partial charge in [0.25, 0.3) is 11.5 Å². The van der Waals surface area contributed by atoms with Crippen LogP contribution >= 0.6 is 0 Å². The van der Waals surface area contributed by atoms with Gasteiger partial charge in [-0.25, -0.2) is 9.49 Å². The van der Waals surface area contributed by atoms with E-state index in [9.17, 15) is 14.0 Å². The van der Waals surface area contributed by atoms with E-state index >= 15 is 0 Å². The lowest BCUT2D eigenvalue weighted by atomic mass is 10.1. The van der Waals surface area contributed by atoms with Gasteiger partial charge in [0.05, 0.1) is 5.69 Å². The topological polar surface area (TPSA) is 87.7 Å². The molecule has 0 aliphatic heterocycles. The van der Waals surface area contributed by atoms with Gasteiger partial charge in [-0.1, -0.05) is 12.1 Å². The van der Waals surface area contributed by atoms with Crippen molar-refractivity contribution in [3.63, 3.8) is 0 Å². The first-order valence-corrected chi connectivity index (χ1v) is 7.16. The average molecular weight is 324 g/mol. The molecule has 6 nitrogen and oxygen atoms in total. The number of nitrogens with one attached hydrogen (secondary N) is 2. The third-order valence-corrected chi connectivity index (χ3v) is 3.37. The lowest BCUT2D eigenvalue weighted by molar-refractivity contribution is 0.0949. The fourth-order valence-corrected chi connectivity index (χ4v) is 2.17. The molecule has 3 aromatic rings. The van der Waals surface area contributed by atoms with E-state index in [4.69, 9.17) is 0 Å². The van der Waals surface area contributed by atoms with Crippen molar-refractivity contribution in [2.45, 2.75) is 6.54 Å². The molecule has 0 aliphatic rings. The van der Waals surface area contributed by atoms with E-state index in [1.54, 1.807) is 36.7 Å². The van der Waals surface area contributed by atoms with Crippen LogP contribution in [0.5, 0.6) is 0 Å².